The van der Waals surface area contributed by atoms with Crippen LogP contribution in [-0.2, 0) is 19.0 Å². The highest BCUT2D eigenvalue weighted by Gasteiger charge is 2.41. The van der Waals surface area contributed by atoms with E-state index in [1.54, 1.807) is 0 Å². The molecule has 1 aromatic rings. The van der Waals surface area contributed by atoms with Crippen LogP contribution in [0.3, 0.4) is 0 Å². The average molecular weight is 192 g/mol. The molecule has 1 aromatic heterocycles. The van der Waals surface area contributed by atoms with E-state index in [1.165, 1.54) is 17.8 Å². The Morgan fingerprint density at radius 1 is 1.50 bits per heavy atom. The second kappa shape index (κ2) is 2.81. The number of nitrogens with one attached hydrogen (secondary N) is 2. The van der Waals surface area contributed by atoms with E-state index in [2.05, 4.69) is 27.2 Å². The van der Waals surface area contributed by atoms with Crippen molar-refractivity contribution >= 4 is 0 Å². The molecule has 1 fully saturated rings. The Morgan fingerprint density at radius 2 is 2.43 bits per heavy atom. The molecule has 0 radical (unpaired) electrons. The van der Waals surface area contributed by atoms with Crippen LogP contribution in [0.4, 0.5) is 0 Å². The molecule has 14 heavy (non-hydrogen) atoms. The summed E-state index contributed by atoms with van der Waals surface area (Å²) in [7, 11) is 2.10. The first-order chi connectivity index (χ1) is 6.82. The second-order valence-corrected chi connectivity index (χ2v) is 4.34. The topological polar surface area (TPSA) is 41.9 Å². The second-order valence-electron chi connectivity index (χ2n) is 4.34. The van der Waals surface area contributed by atoms with Gasteiger partial charge in [-0.25, -0.2) is 4.98 Å². The maximum atomic E-state index is 4.47. The van der Waals surface area contributed by atoms with Crippen molar-refractivity contribution in [2.45, 2.75) is 18.4 Å². The van der Waals surface area contributed by atoms with Gasteiger partial charge in [0.05, 0.1) is 23.3 Å². The SMILES string of the molecule is Cn1cnc2c1C1(CCNC1)NCC2. The molecular weight excluding hydrogens is 176 g/mol. The minimum absolute atomic E-state index is 0.166. The van der Waals surface area contributed by atoms with Gasteiger partial charge in [-0.2, -0.15) is 0 Å². The number of nitrogens with zero attached hydrogens (tertiary/aromatic N) is 2. The smallest absolute Gasteiger partial charge is 0.0949 e. The van der Waals surface area contributed by atoms with Crippen LogP contribution in [0.2, 0.25) is 0 Å². The highest BCUT2D eigenvalue weighted by Crippen LogP contribution is 2.32. The quantitative estimate of drug-likeness (QED) is 0.596. The Bertz CT molecular complexity index is 349. The monoisotopic (exact) mass is 192 g/mol. The van der Waals surface area contributed by atoms with Gasteiger partial charge in [0.15, 0.2) is 0 Å². The van der Waals surface area contributed by atoms with Crippen molar-refractivity contribution in [2.75, 3.05) is 19.6 Å². The van der Waals surface area contributed by atoms with Crippen molar-refractivity contribution in [3.63, 3.8) is 0 Å². The number of aryl methyl sites for hydroxylation is 1. The fourth-order valence-electron chi connectivity index (χ4n) is 2.82. The molecule has 1 unspecified atom stereocenters. The predicted molar refractivity (Wildman–Crippen MR) is 54.1 cm³/mol. The van der Waals surface area contributed by atoms with E-state index in [1.807, 2.05) is 6.33 Å². The number of rotatable bonds is 0. The Kier molecular flexibility index (Phi) is 1.69. The zero-order chi connectivity index (χ0) is 9.60. The third-order valence-electron chi connectivity index (χ3n) is 3.45. The summed E-state index contributed by atoms with van der Waals surface area (Å²) in [6.07, 6.45) is 4.19. The zero-order valence-electron chi connectivity index (χ0n) is 8.51. The first-order valence-corrected chi connectivity index (χ1v) is 5.28. The van der Waals surface area contributed by atoms with Crippen molar-refractivity contribution in [3.8, 4) is 0 Å². The van der Waals surface area contributed by atoms with E-state index in [4.69, 9.17) is 0 Å². The summed E-state index contributed by atoms with van der Waals surface area (Å²) in [5.74, 6) is 0. The van der Waals surface area contributed by atoms with Crippen LogP contribution in [0.5, 0.6) is 0 Å². The molecule has 0 amide bonds. The van der Waals surface area contributed by atoms with Crippen LogP contribution < -0.4 is 10.6 Å². The van der Waals surface area contributed by atoms with Crippen molar-refractivity contribution in [3.05, 3.63) is 17.7 Å². The van der Waals surface area contributed by atoms with Crippen LogP contribution in [-0.4, -0.2) is 29.2 Å². The van der Waals surface area contributed by atoms with Gasteiger partial charge in [-0.15, -0.1) is 0 Å². The standard InChI is InChI=1S/C10H16N4/c1-14-7-12-8-2-4-13-10(9(8)14)3-5-11-6-10/h7,11,13H,2-6H2,1H3. The van der Waals surface area contributed by atoms with Gasteiger partial charge in [-0.3, -0.25) is 0 Å². The average Bonchev–Trinajstić information content (AvgIpc) is 2.76. The molecule has 1 saturated heterocycles. The molecule has 0 aromatic carbocycles. The number of hydrogen-bond donors (Lipinski definition) is 2. The van der Waals surface area contributed by atoms with Gasteiger partial charge in [0.1, 0.15) is 0 Å². The Morgan fingerprint density at radius 3 is 3.21 bits per heavy atom. The van der Waals surface area contributed by atoms with E-state index < -0.39 is 0 Å². The Hall–Kier alpha value is -0.870. The van der Waals surface area contributed by atoms with Crippen molar-refractivity contribution in [1.29, 1.82) is 0 Å². The number of hydrogen-bond acceptors (Lipinski definition) is 3. The lowest BCUT2D eigenvalue weighted by Crippen LogP contribution is -2.49. The minimum atomic E-state index is 0.166. The summed E-state index contributed by atoms with van der Waals surface area (Å²) in [6, 6.07) is 0. The zero-order valence-corrected chi connectivity index (χ0v) is 8.51. The molecular formula is C10H16N4. The lowest BCUT2D eigenvalue weighted by atomic mass is 9.88. The maximum absolute atomic E-state index is 4.47. The molecule has 1 spiro atoms. The van der Waals surface area contributed by atoms with E-state index in [9.17, 15) is 0 Å². The molecule has 4 nitrogen and oxygen atoms in total. The fraction of sp³-hybridized carbons (Fsp3) is 0.700. The Balaban J connectivity index is 2.13. The third kappa shape index (κ3) is 0.980. The summed E-state index contributed by atoms with van der Waals surface area (Å²) in [5, 5.41) is 7.09. The number of aromatic nitrogens is 2. The summed E-state index contributed by atoms with van der Waals surface area (Å²) in [6.45, 7) is 3.21. The van der Waals surface area contributed by atoms with Crippen LogP contribution in [0.15, 0.2) is 6.33 Å². The molecule has 0 aliphatic carbocycles. The van der Waals surface area contributed by atoms with Crippen LogP contribution in [0.25, 0.3) is 0 Å². The van der Waals surface area contributed by atoms with Gasteiger partial charge in [-0.1, -0.05) is 0 Å². The minimum Gasteiger partial charge on any atom is -0.336 e. The molecule has 2 aliphatic rings. The van der Waals surface area contributed by atoms with Crippen molar-refractivity contribution < 1.29 is 0 Å². The van der Waals surface area contributed by atoms with E-state index in [-0.39, 0.29) is 5.54 Å². The summed E-state index contributed by atoms with van der Waals surface area (Å²) < 4.78 is 2.18. The summed E-state index contributed by atoms with van der Waals surface area (Å²) in [4.78, 5) is 4.47. The highest BCUT2D eigenvalue weighted by molar-refractivity contribution is 5.28. The highest BCUT2D eigenvalue weighted by atomic mass is 15.2. The lowest BCUT2D eigenvalue weighted by Gasteiger charge is -2.34. The normalized spacial score (nSPS) is 30.9. The predicted octanol–water partition coefficient (Wildman–Crippen LogP) is -0.246. The van der Waals surface area contributed by atoms with Gasteiger partial charge < -0.3 is 15.2 Å². The molecule has 0 saturated carbocycles. The fourth-order valence-corrected chi connectivity index (χ4v) is 2.82. The summed E-state index contributed by atoms with van der Waals surface area (Å²) in [5.41, 5.74) is 2.85. The van der Waals surface area contributed by atoms with Gasteiger partial charge >= 0.3 is 0 Å². The Labute approximate surface area is 83.7 Å². The van der Waals surface area contributed by atoms with Crippen molar-refractivity contribution in [2.24, 2.45) is 7.05 Å². The van der Waals surface area contributed by atoms with Gasteiger partial charge in [0.25, 0.3) is 0 Å². The first kappa shape index (κ1) is 8.44. The molecule has 0 bridgehead atoms. The molecule has 2 N–H and O–H groups in total. The van der Waals surface area contributed by atoms with E-state index >= 15 is 0 Å². The molecule has 2 aliphatic heterocycles. The number of imidazole rings is 1. The van der Waals surface area contributed by atoms with Gasteiger partial charge in [0.2, 0.25) is 0 Å². The first-order valence-electron chi connectivity index (χ1n) is 5.28. The number of fused-ring (bicyclic) bond motifs is 2. The summed E-state index contributed by atoms with van der Waals surface area (Å²) >= 11 is 0. The third-order valence-corrected chi connectivity index (χ3v) is 3.45. The van der Waals surface area contributed by atoms with Gasteiger partial charge in [0, 0.05) is 26.6 Å². The van der Waals surface area contributed by atoms with Crippen molar-refractivity contribution in [1.82, 2.24) is 20.2 Å². The maximum Gasteiger partial charge on any atom is 0.0949 e. The lowest BCUT2D eigenvalue weighted by molar-refractivity contribution is 0.326. The molecule has 3 rings (SSSR count). The molecule has 4 heteroatoms. The largest absolute Gasteiger partial charge is 0.336 e. The molecule has 1 atom stereocenters. The van der Waals surface area contributed by atoms with E-state index in [0.717, 1.165) is 26.1 Å². The van der Waals surface area contributed by atoms with Crippen LogP contribution >= 0.6 is 0 Å². The molecule has 3 heterocycles. The van der Waals surface area contributed by atoms with Gasteiger partial charge in [-0.05, 0) is 13.0 Å². The van der Waals surface area contributed by atoms with Crippen LogP contribution in [0.1, 0.15) is 17.8 Å². The van der Waals surface area contributed by atoms with E-state index in [0.29, 0.717) is 0 Å². The van der Waals surface area contributed by atoms with Crippen LogP contribution in [0, 0.1) is 0 Å². The molecule has 76 valence electrons.